The van der Waals surface area contributed by atoms with Gasteiger partial charge in [-0.2, -0.15) is 5.26 Å². The Morgan fingerprint density at radius 2 is 1.93 bits per heavy atom. The highest BCUT2D eigenvalue weighted by atomic mass is 35.5. The molecule has 0 unspecified atom stereocenters. The quantitative estimate of drug-likeness (QED) is 0.714. The largest absolute Gasteiger partial charge is 0.496 e. The normalized spacial score (nSPS) is 16.2. The van der Waals surface area contributed by atoms with E-state index in [2.05, 4.69) is 4.72 Å². The molecule has 2 aromatic carbocycles. The van der Waals surface area contributed by atoms with E-state index in [0.29, 0.717) is 36.8 Å². The Morgan fingerprint density at radius 3 is 2.55 bits per heavy atom. The summed E-state index contributed by atoms with van der Waals surface area (Å²) in [6, 6.07) is 11.3. The Morgan fingerprint density at radius 1 is 1.21 bits per heavy atom. The number of halogens is 2. The van der Waals surface area contributed by atoms with Crippen LogP contribution in [0.3, 0.4) is 0 Å². The summed E-state index contributed by atoms with van der Waals surface area (Å²) in [5.74, 6) is 0.650. The number of ether oxygens (including phenoxy) is 2. The predicted molar refractivity (Wildman–Crippen MR) is 111 cm³/mol. The third kappa shape index (κ3) is 4.68. The van der Waals surface area contributed by atoms with Crippen LogP contribution < -0.4 is 9.46 Å². The van der Waals surface area contributed by atoms with Gasteiger partial charge >= 0.3 is 0 Å². The molecule has 3 rings (SSSR count). The molecule has 1 aliphatic heterocycles. The summed E-state index contributed by atoms with van der Waals surface area (Å²) in [6.45, 7) is 1.15. The van der Waals surface area contributed by atoms with Crippen molar-refractivity contribution in [1.29, 1.82) is 5.26 Å². The molecule has 2 aromatic rings. The minimum Gasteiger partial charge on any atom is -0.496 e. The van der Waals surface area contributed by atoms with Gasteiger partial charge in [0.2, 0.25) is 10.0 Å². The summed E-state index contributed by atoms with van der Waals surface area (Å²) < 4.78 is 39.5. The van der Waals surface area contributed by atoms with E-state index in [1.165, 1.54) is 18.2 Å². The van der Waals surface area contributed by atoms with Gasteiger partial charge in [-0.25, -0.2) is 13.1 Å². The average molecular weight is 455 g/mol. The van der Waals surface area contributed by atoms with E-state index in [1.807, 2.05) is 12.1 Å². The number of nitrogens with one attached hydrogen (secondary N) is 1. The van der Waals surface area contributed by atoms with Crippen LogP contribution in [-0.2, 0) is 20.2 Å². The standard InChI is InChI=1S/C20H20Cl2N2O4S/c1-27-19-5-3-15(21)10-17(19)20(6-8-28-9-7-20)13-24-29(25,26)16-4-2-14(12-23)18(22)11-16/h2-5,10-11,24H,6-9,13H2,1H3. The molecule has 0 bridgehead atoms. The molecule has 0 saturated carbocycles. The smallest absolute Gasteiger partial charge is 0.240 e. The van der Waals surface area contributed by atoms with E-state index in [0.717, 1.165) is 5.56 Å². The number of benzene rings is 2. The van der Waals surface area contributed by atoms with Crippen LogP contribution >= 0.6 is 23.2 Å². The first-order valence-electron chi connectivity index (χ1n) is 8.92. The SMILES string of the molecule is COc1ccc(Cl)cc1C1(CNS(=O)(=O)c2ccc(C#N)c(Cl)c2)CCOCC1. The highest BCUT2D eigenvalue weighted by molar-refractivity contribution is 7.89. The van der Waals surface area contributed by atoms with E-state index in [-0.39, 0.29) is 22.0 Å². The first-order valence-corrected chi connectivity index (χ1v) is 11.2. The predicted octanol–water partition coefficient (Wildman–Crippen LogP) is 3.90. The molecule has 1 N–H and O–H groups in total. The van der Waals surface area contributed by atoms with Gasteiger partial charge in [-0.05, 0) is 49.2 Å². The molecule has 1 heterocycles. The van der Waals surface area contributed by atoms with Crippen LogP contribution in [0.4, 0.5) is 0 Å². The lowest BCUT2D eigenvalue weighted by molar-refractivity contribution is 0.0509. The fourth-order valence-electron chi connectivity index (χ4n) is 3.47. The Labute approximate surface area is 180 Å². The Bertz CT molecular complexity index is 1040. The van der Waals surface area contributed by atoms with E-state index < -0.39 is 15.4 Å². The molecule has 0 aliphatic carbocycles. The zero-order valence-electron chi connectivity index (χ0n) is 15.7. The highest BCUT2D eigenvalue weighted by Crippen LogP contribution is 2.41. The van der Waals surface area contributed by atoms with Gasteiger partial charge in [-0.1, -0.05) is 23.2 Å². The number of sulfonamides is 1. The van der Waals surface area contributed by atoms with Crippen molar-refractivity contribution in [2.24, 2.45) is 0 Å². The third-order valence-corrected chi connectivity index (χ3v) is 7.10. The maximum absolute atomic E-state index is 12.9. The molecule has 154 valence electrons. The van der Waals surface area contributed by atoms with Crippen LogP contribution in [0.2, 0.25) is 10.0 Å². The number of nitriles is 1. The number of rotatable bonds is 6. The first-order chi connectivity index (χ1) is 13.8. The lowest BCUT2D eigenvalue weighted by Crippen LogP contribution is -2.44. The van der Waals surface area contributed by atoms with Crippen LogP contribution in [0.5, 0.6) is 5.75 Å². The molecule has 0 aromatic heterocycles. The van der Waals surface area contributed by atoms with E-state index in [9.17, 15) is 8.42 Å². The average Bonchev–Trinajstić information content (AvgIpc) is 2.73. The van der Waals surface area contributed by atoms with Gasteiger partial charge in [-0.15, -0.1) is 0 Å². The van der Waals surface area contributed by atoms with Gasteiger partial charge in [0, 0.05) is 35.8 Å². The van der Waals surface area contributed by atoms with Crippen molar-refractivity contribution in [3.63, 3.8) is 0 Å². The summed E-state index contributed by atoms with van der Waals surface area (Å²) in [5.41, 5.74) is 0.532. The van der Waals surface area contributed by atoms with Crippen LogP contribution in [0.25, 0.3) is 0 Å². The van der Waals surface area contributed by atoms with Crippen LogP contribution in [0, 0.1) is 11.3 Å². The van der Waals surface area contributed by atoms with E-state index >= 15 is 0 Å². The Kier molecular flexibility index (Phi) is 6.72. The zero-order valence-corrected chi connectivity index (χ0v) is 18.1. The molecule has 6 nitrogen and oxygen atoms in total. The van der Waals surface area contributed by atoms with Crippen molar-refractivity contribution in [1.82, 2.24) is 4.72 Å². The van der Waals surface area contributed by atoms with Gasteiger partial charge in [-0.3, -0.25) is 0 Å². The number of hydrogen-bond donors (Lipinski definition) is 1. The molecular formula is C20H20Cl2N2O4S. The van der Waals surface area contributed by atoms with Crippen molar-refractivity contribution in [2.45, 2.75) is 23.2 Å². The van der Waals surface area contributed by atoms with Crippen LogP contribution in [0.15, 0.2) is 41.3 Å². The van der Waals surface area contributed by atoms with Gasteiger partial charge in [0.25, 0.3) is 0 Å². The first kappa shape index (κ1) is 21.9. The number of methoxy groups -OCH3 is 1. The maximum atomic E-state index is 12.9. The molecule has 1 fully saturated rings. The second-order valence-electron chi connectivity index (χ2n) is 6.82. The van der Waals surface area contributed by atoms with E-state index in [1.54, 1.807) is 19.2 Å². The number of hydrogen-bond acceptors (Lipinski definition) is 5. The Balaban J connectivity index is 1.93. The second-order valence-corrected chi connectivity index (χ2v) is 9.43. The molecule has 0 spiro atoms. The maximum Gasteiger partial charge on any atom is 0.240 e. The highest BCUT2D eigenvalue weighted by Gasteiger charge is 2.38. The van der Waals surface area contributed by atoms with Gasteiger partial charge in [0.1, 0.15) is 11.8 Å². The zero-order chi connectivity index (χ0) is 21.1. The fraction of sp³-hybridized carbons (Fsp3) is 0.350. The molecule has 1 saturated heterocycles. The number of nitrogens with zero attached hydrogens (tertiary/aromatic N) is 1. The third-order valence-electron chi connectivity index (χ3n) is 5.15. The molecule has 29 heavy (non-hydrogen) atoms. The molecule has 0 radical (unpaired) electrons. The van der Waals surface area contributed by atoms with Crippen LogP contribution in [-0.4, -0.2) is 35.3 Å². The van der Waals surface area contributed by atoms with Crippen molar-refractivity contribution in [3.8, 4) is 11.8 Å². The fourth-order valence-corrected chi connectivity index (χ4v) is 5.08. The monoisotopic (exact) mass is 454 g/mol. The molecular weight excluding hydrogens is 435 g/mol. The van der Waals surface area contributed by atoms with Crippen molar-refractivity contribution in [2.75, 3.05) is 26.9 Å². The van der Waals surface area contributed by atoms with Crippen LogP contribution in [0.1, 0.15) is 24.0 Å². The summed E-state index contributed by atoms with van der Waals surface area (Å²) in [7, 11) is -2.27. The van der Waals surface area contributed by atoms with Gasteiger partial charge < -0.3 is 9.47 Å². The summed E-state index contributed by atoms with van der Waals surface area (Å²) in [5, 5.41) is 9.62. The van der Waals surface area contributed by atoms with Gasteiger partial charge in [0.05, 0.1) is 22.6 Å². The summed E-state index contributed by atoms with van der Waals surface area (Å²) in [6.07, 6.45) is 1.22. The lowest BCUT2D eigenvalue weighted by atomic mass is 9.74. The van der Waals surface area contributed by atoms with Crippen molar-refractivity contribution >= 4 is 33.2 Å². The minimum atomic E-state index is -3.84. The topological polar surface area (TPSA) is 88.4 Å². The summed E-state index contributed by atoms with van der Waals surface area (Å²) >= 11 is 12.2. The van der Waals surface area contributed by atoms with Crippen molar-refractivity contribution < 1.29 is 17.9 Å². The molecule has 0 amide bonds. The van der Waals surface area contributed by atoms with Gasteiger partial charge in [0.15, 0.2) is 0 Å². The molecule has 0 atom stereocenters. The minimum absolute atomic E-state index is 0.00164. The summed E-state index contributed by atoms with van der Waals surface area (Å²) in [4.78, 5) is 0.00164. The molecule has 1 aliphatic rings. The van der Waals surface area contributed by atoms with Crippen molar-refractivity contribution in [3.05, 3.63) is 57.6 Å². The molecule has 9 heteroatoms. The Hall–Kier alpha value is -1.82. The second kappa shape index (κ2) is 8.90. The van der Waals surface area contributed by atoms with E-state index in [4.69, 9.17) is 37.9 Å². The lowest BCUT2D eigenvalue weighted by Gasteiger charge is -2.38.